The fourth-order valence-electron chi connectivity index (χ4n) is 2.74. The van der Waals surface area contributed by atoms with E-state index in [1.165, 1.54) is 6.20 Å². The molecule has 1 saturated carbocycles. The summed E-state index contributed by atoms with van der Waals surface area (Å²) in [6, 6.07) is 12.0. The van der Waals surface area contributed by atoms with Gasteiger partial charge >= 0.3 is 0 Å². The highest BCUT2D eigenvalue weighted by Gasteiger charge is 2.23. The van der Waals surface area contributed by atoms with Crippen LogP contribution in [-0.2, 0) is 11.3 Å². The summed E-state index contributed by atoms with van der Waals surface area (Å²) in [5.41, 5.74) is 2.91. The number of rotatable bonds is 6. The number of nitrogens with one attached hydrogen (secondary N) is 2. The standard InChI is InChI=1S/C19H19N5O2/c25-17(23-15-6-7-15)10-21-19(26)14-8-16-18(20-9-14)24(12-22-16)11-13-4-2-1-3-5-13/h1-5,8-9,12,15H,6-7,10-11H2,(H,21,26)(H,23,25). The van der Waals surface area contributed by atoms with Crippen molar-refractivity contribution in [1.82, 2.24) is 25.2 Å². The average molecular weight is 349 g/mol. The van der Waals surface area contributed by atoms with Gasteiger partial charge in [-0.05, 0) is 24.5 Å². The molecule has 1 aliphatic carbocycles. The molecule has 2 amide bonds. The van der Waals surface area contributed by atoms with E-state index in [4.69, 9.17) is 0 Å². The van der Waals surface area contributed by atoms with Gasteiger partial charge in [-0.25, -0.2) is 9.97 Å². The van der Waals surface area contributed by atoms with Crippen LogP contribution in [0, 0.1) is 0 Å². The highest BCUT2D eigenvalue weighted by atomic mass is 16.2. The van der Waals surface area contributed by atoms with Crippen LogP contribution in [-0.4, -0.2) is 38.9 Å². The van der Waals surface area contributed by atoms with Crippen molar-refractivity contribution in [2.24, 2.45) is 0 Å². The lowest BCUT2D eigenvalue weighted by atomic mass is 10.2. The average Bonchev–Trinajstić information content (AvgIpc) is 3.39. The summed E-state index contributed by atoms with van der Waals surface area (Å²) >= 11 is 0. The molecule has 4 rings (SSSR count). The van der Waals surface area contributed by atoms with Crippen LogP contribution in [0.3, 0.4) is 0 Å². The monoisotopic (exact) mass is 349 g/mol. The molecule has 0 unspecified atom stereocenters. The first-order chi connectivity index (χ1) is 12.7. The third kappa shape index (κ3) is 3.72. The van der Waals surface area contributed by atoms with Gasteiger partial charge in [0.2, 0.25) is 5.91 Å². The van der Waals surface area contributed by atoms with Crippen molar-refractivity contribution in [3.8, 4) is 0 Å². The van der Waals surface area contributed by atoms with Gasteiger partial charge in [0.05, 0.1) is 25.0 Å². The lowest BCUT2D eigenvalue weighted by Gasteiger charge is -2.06. The molecule has 132 valence electrons. The topological polar surface area (TPSA) is 88.9 Å². The van der Waals surface area contributed by atoms with Crippen molar-refractivity contribution in [3.63, 3.8) is 0 Å². The van der Waals surface area contributed by atoms with Crippen LogP contribution in [0.5, 0.6) is 0 Å². The van der Waals surface area contributed by atoms with Crippen molar-refractivity contribution >= 4 is 23.0 Å². The largest absolute Gasteiger partial charge is 0.352 e. The number of pyridine rings is 1. The van der Waals surface area contributed by atoms with E-state index in [9.17, 15) is 9.59 Å². The first-order valence-corrected chi connectivity index (χ1v) is 8.61. The molecular formula is C19H19N5O2. The number of nitrogens with zero attached hydrogens (tertiary/aromatic N) is 3. The predicted molar refractivity (Wildman–Crippen MR) is 96.6 cm³/mol. The second-order valence-electron chi connectivity index (χ2n) is 6.45. The zero-order valence-corrected chi connectivity index (χ0v) is 14.2. The minimum atomic E-state index is -0.331. The van der Waals surface area contributed by atoms with Crippen molar-refractivity contribution in [1.29, 1.82) is 0 Å². The van der Waals surface area contributed by atoms with E-state index in [0.29, 0.717) is 17.6 Å². The number of hydrogen-bond acceptors (Lipinski definition) is 4. The van der Waals surface area contributed by atoms with Gasteiger partial charge in [-0.3, -0.25) is 9.59 Å². The molecule has 2 aromatic heterocycles. The van der Waals surface area contributed by atoms with Gasteiger partial charge in [0.15, 0.2) is 5.65 Å². The second-order valence-corrected chi connectivity index (χ2v) is 6.45. The Labute approximate surface area is 150 Å². The first-order valence-electron chi connectivity index (χ1n) is 8.61. The van der Waals surface area contributed by atoms with Crippen molar-refractivity contribution in [2.75, 3.05) is 6.54 Å². The Kier molecular flexibility index (Phi) is 4.35. The summed E-state index contributed by atoms with van der Waals surface area (Å²) < 4.78 is 1.94. The number of aromatic nitrogens is 3. The molecule has 3 aromatic rings. The summed E-state index contributed by atoms with van der Waals surface area (Å²) in [6.45, 7) is 0.632. The number of imidazole rings is 1. The lowest BCUT2D eigenvalue weighted by molar-refractivity contribution is -0.120. The second kappa shape index (κ2) is 6.95. The predicted octanol–water partition coefficient (Wildman–Crippen LogP) is 1.49. The summed E-state index contributed by atoms with van der Waals surface area (Å²) in [5.74, 6) is -0.495. The molecule has 26 heavy (non-hydrogen) atoms. The maximum atomic E-state index is 12.2. The molecule has 0 spiro atoms. The first kappa shape index (κ1) is 16.3. The fraction of sp³-hybridized carbons (Fsp3) is 0.263. The third-order valence-electron chi connectivity index (χ3n) is 4.27. The normalized spacial score (nSPS) is 13.5. The molecule has 2 N–H and O–H groups in total. The SMILES string of the molecule is O=C(CNC(=O)c1cnc2c(c1)ncn2Cc1ccccc1)NC1CC1. The van der Waals surface area contributed by atoms with Gasteiger partial charge < -0.3 is 15.2 Å². The van der Waals surface area contributed by atoms with Crippen LogP contribution in [0.2, 0.25) is 0 Å². The van der Waals surface area contributed by atoms with Crippen LogP contribution in [0.4, 0.5) is 0 Å². The van der Waals surface area contributed by atoms with Gasteiger partial charge in [-0.2, -0.15) is 0 Å². The van der Waals surface area contributed by atoms with Gasteiger partial charge in [-0.15, -0.1) is 0 Å². The Morgan fingerprint density at radius 1 is 1.15 bits per heavy atom. The smallest absolute Gasteiger partial charge is 0.253 e. The highest BCUT2D eigenvalue weighted by Crippen LogP contribution is 2.18. The summed E-state index contributed by atoms with van der Waals surface area (Å²) in [5, 5.41) is 5.45. The highest BCUT2D eigenvalue weighted by molar-refractivity contribution is 5.98. The van der Waals surface area contributed by atoms with E-state index in [2.05, 4.69) is 20.6 Å². The Morgan fingerprint density at radius 2 is 1.96 bits per heavy atom. The van der Waals surface area contributed by atoms with E-state index in [0.717, 1.165) is 24.1 Å². The molecule has 1 aliphatic rings. The van der Waals surface area contributed by atoms with Gasteiger partial charge in [0.1, 0.15) is 5.52 Å². The Bertz CT molecular complexity index is 947. The van der Waals surface area contributed by atoms with E-state index in [1.807, 2.05) is 34.9 Å². The van der Waals surface area contributed by atoms with E-state index >= 15 is 0 Å². The van der Waals surface area contributed by atoms with Crippen molar-refractivity contribution in [2.45, 2.75) is 25.4 Å². The molecule has 2 heterocycles. The van der Waals surface area contributed by atoms with Crippen LogP contribution in [0.1, 0.15) is 28.8 Å². The molecule has 1 fully saturated rings. The Hall–Kier alpha value is -3.22. The lowest BCUT2D eigenvalue weighted by Crippen LogP contribution is -2.37. The molecule has 0 bridgehead atoms. The summed E-state index contributed by atoms with van der Waals surface area (Å²) in [4.78, 5) is 32.6. The molecule has 0 atom stereocenters. The van der Waals surface area contributed by atoms with Crippen LogP contribution < -0.4 is 10.6 Å². The van der Waals surface area contributed by atoms with Gasteiger partial charge in [0, 0.05) is 12.2 Å². The number of amides is 2. The maximum absolute atomic E-state index is 12.2. The number of carbonyl (C=O) groups is 2. The zero-order chi connectivity index (χ0) is 17.9. The quantitative estimate of drug-likeness (QED) is 0.706. The number of benzene rings is 1. The summed E-state index contributed by atoms with van der Waals surface area (Å²) in [7, 11) is 0. The third-order valence-corrected chi connectivity index (χ3v) is 4.27. The fourth-order valence-corrected chi connectivity index (χ4v) is 2.74. The van der Waals surface area contributed by atoms with E-state index in [-0.39, 0.29) is 24.4 Å². The van der Waals surface area contributed by atoms with E-state index in [1.54, 1.807) is 12.4 Å². The van der Waals surface area contributed by atoms with Gasteiger partial charge in [0.25, 0.3) is 5.91 Å². The molecule has 7 heteroatoms. The Morgan fingerprint density at radius 3 is 2.73 bits per heavy atom. The van der Waals surface area contributed by atoms with Crippen LogP contribution in [0.15, 0.2) is 48.9 Å². The van der Waals surface area contributed by atoms with Gasteiger partial charge in [-0.1, -0.05) is 30.3 Å². The number of carbonyl (C=O) groups excluding carboxylic acids is 2. The molecule has 0 aliphatic heterocycles. The van der Waals surface area contributed by atoms with Crippen LogP contribution in [0.25, 0.3) is 11.2 Å². The molecule has 7 nitrogen and oxygen atoms in total. The van der Waals surface area contributed by atoms with Crippen molar-refractivity contribution < 1.29 is 9.59 Å². The number of hydrogen-bond donors (Lipinski definition) is 2. The van der Waals surface area contributed by atoms with Crippen LogP contribution >= 0.6 is 0 Å². The maximum Gasteiger partial charge on any atom is 0.253 e. The minimum Gasteiger partial charge on any atom is -0.352 e. The minimum absolute atomic E-state index is 0.0319. The molecule has 1 aromatic carbocycles. The summed E-state index contributed by atoms with van der Waals surface area (Å²) in [6.07, 6.45) is 5.27. The molecular weight excluding hydrogens is 330 g/mol. The Balaban J connectivity index is 1.44. The molecule has 0 radical (unpaired) electrons. The molecule has 0 saturated heterocycles. The van der Waals surface area contributed by atoms with Crippen molar-refractivity contribution in [3.05, 3.63) is 60.0 Å². The zero-order valence-electron chi connectivity index (χ0n) is 14.2. The number of fused-ring (bicyclic) bond motifs is 1. The van der Waals surface area contributed by atoms with E-state index < -0.39 is 0 Å².